The van der Waals surface area contributed by atoms with Gasteiger partial charge in [0.1, 0.15) is 0 Å². The van der Waals surface area contributed by atoms with E-state index in [1.54, 1.807) is 0 Å². The number of aryl methyl sites for hydroxylation is 3. The monoisotopic (exact) mass is 593 g/mol. The Morgan fingerprint density at radius 3 is 1.02 bits per heavy atom. The lowest BCUT2D eigenvalue weighted by molar-refractivity contribution is 0.868. The topological polar surface area (TPSA) is 9.72 Å². The third-order valence-electron chi connectivity index (χ3n) is 10.9. The summed E-state index contributed by atoms with van der Waals surface area (Å²) >= 11 is 0. The first-order valence-electron chi connectivity index (χ1n) is 15.6. The van der Waals surface area contributed by atoms with Gasteiger partial charge < -0.3 is 14.7 Å². The average Bonchev–Trinajstić information content (AvgIpc) is 3.13. The van der Waals surface area contributed by atoms with Gasteiger partial charge in [0.2, 0.25) is 0 Å². The second kappa shape index (κ2) is 11.4. The lowest BCUT2D eigenvalue weighted by Gasteiger charge is -2.50. The highest BCUT2D eigenvalue weighted by atomic mass is 28.3. The first kappa shape index (κ1) is 32.7. The molecule has 1 unspecified atom stereocenters. The van der Waals surface area contributed by atoms with E-state index in [9.17, 15) is 0 Å². The Morgan fingerprint density at radius 2 is 0.791 bits per heavy atom. The molecule has 1 aliphatic carbocycles. The van der Waals surface area contributed by atoms with Crippen molar-refractivity contribution in [1.29, 1.82) is 0 Å². The number of hydrogen-bond donors (Lipinski definition) is 0. The lowest BCUT2D eigenvalue weighted by atomic mass is 10.0. The quantitative estimate of drug-likeness (QED) is 0.211. The summed E-state index contributed by atoms with van der Waals surface area (Å²) in [5, 5.41) is 4.38. The molecule has 0 saturated carbocycles. The number of nitrogens with zero attached hydrogens (tertiary/aromatic N) is 3. The highest BCUT2D eigenvalue weighted by Gasteiger charge is 2.58. The second-order valence-corrected chi connectivity index (χ2v) is 18.2. The molecule has 1 atom stereocenters. The summed E-state index contributed by atoms with van der Waals surface area (Å²) in [7, 11) is 10.1. The lowest BCUT2D eigenvalue weighted by Crippen LogP contribution is -2.75. The fraction of sp³-hybridized carbons (Fsp3) is 0.436. The minimum atomic E-state index is -2.94. The summed E-state index contributed by atoms with van der Waals surface area (Å²) in [6.45, 7) is 23.7. The van der Waals surface area contributed by atoms with Crippen molar-refractivity contribution >= 4 is 40.7 Å². The average molecular weight is 594 g/mol. The Bertz CT molecular complexity index is 1500. The van der Waals surface area contributed by atoms with Gasteiger partial charge >= 0.3 is 0 Å². The molecule has 43 heavy (non-hydrogen) atoms. The van der Waals surface area contributed by atoms with Gasteiger partial charge in [-0.3, -0.25) is 0 Å². The van der Waals surface area contributed by atoms with Crippen LogP contribution in [0.1, 0.15) is 61.1 Å². The summed E-state index contributed by atoms with van der Waals surface area (Å²) in [6.07, 6.45) is 2.65. The van der Waals surface area contributed by atoms with Crippen LogP contribution in [0.25, 0.3) is 0 Å². The van der Waals surface area contributed by atoms with Crippen LogP contribution in [0.3, 0.4) is 0 Å². The fourth-order valence-corrected chi connectivity index (χ4v) is 14.6. The van der Waals surface area contributed by atoms with Gasteiger partial charge in [-0.1, -0.05) is 24.1 Å². The summed E-state index contributed by atoms with van der Waals surface area (Å²) in [5.41, 5.74) is 16.5. The van der Waals surface area contributed by atoms with Gasteiger partial charge in [0, 0.05) is 64.4 Å². The molecule has 0 fully saturated rings. The molecule has 0 radical (unpaired) electrons. The zero-order valence-corrected chi connectivity index (χ0v) is 30.9. The van der Waals surface area contributed by atoms with Crippen LogP contribution in [-0.2, 0) is 0 Å². The van der Waals surface area contributed by atoms with Gasteiger partial charge in [0.15, 0.2) is 8.07 Å². The van der Waals surface area contributed by atoms with Crippen molar-refractivity contribution in [2.24, 2.45) is 0 Å². The van der Waals surface area contributed by atoms with E-state index in [2.05, 4.69) is 169 Å². The maximum Gasteiger partial charge on any atom is 0.162 e. The molecule has 0 saturated heterocycles. The van der Waals surface area contributed by atoms with E-state index in [0.29, 0.717) is 0 Å². The highest BCUT2D eigenvalue weighted by molar-refractivity contribution is 7.15. The predicted octanol–water partition coefficient (Wildman–Crippen LogP) is 7.26. The van der Waals surface area contributed by atoms with Crippen LogP contribution in [0.5, 0.6) is 0 Å². The third-order valence-corrected chi connectivity index (χ3v) is 17.0. The molecule has 230 valence electrons. The second-order valence-electron chi connectivity index (χ2n) is 14.0. The minimum absolute atomic E-state index is 0.187. The normalized spacial score (nSPS) is 17.0. The van der Waals surface area contributed by atoms with Gasteiger partial charge in [0.25, 0.3) is 0 Å². The van der Waals surface area contributed by atoms with Crippen LogP contribution >= 0.6 is 0 Å². The van der Waals surface area contributed by atoms with Crippen LogP contribution < -0.4 is 30.3 Å². The minimum Gasteiger partial charge on any atom is -0.378 e. The predicted molar refractivity (Wildman–Crippen MR) is 196 cm³/mol. The molecule has 4 heteroatoms. The van der Waals surface area contributed by atoms with E-state index in [4.69, 9.17) is 0 Å². The highest BCUT2D eigenvalue weighted by Crippen LogP contribution is 2.54. The van der Waals surface area contributed by atoms with Crippen LogP contribution in [0.4, 0.5) is 17.1 Å². The van der Waals surface area contributed by atoms with Crippen LogP contribution in [0.15, 0.2) is 59.2 Å². The SMILES string of the molecule is CC1=CC(C)([Si](c2cc(N(C)C)cc(C)c2C)(c2cc(N(C)C)cc(C)c2C)c2cc(N(C)C)cc(C)c2C)C(C)=C1C. The van der Waals surface area contributed by atoms with Crippen LogP contribution in [0, 0.1) is 41.5 Å². The maximum atomic E-state index is 2.65. The molecule has 0 N–H and O–H groups in total. The van der Waals surface area contributed by atoms with Gasteiger partial charge in [-0.2, -0.15) is 0 Å². The van der Waals surface area contributed by atoms with Crippen LogP contribution in [-0.4, -0.2) is 50.4 Å². The molecule has 3 aromatic rings. The van der Waals surface area contributed by atoms with Gasteiger partial charge in [-0.15, -0.1) is 0 Å². The molecule has 3 aromatic carbocycles. The molecule has 0 amide bonds. The zero-order chi connectivity index (χ0) is 32.3. The fourth-order valence-electron chi connectivity index (χ4n) is 7.46. The van der Waals surface area contributed by atoms with E-state index < -0.39 is 8.07 Å². The van der Waals surface area contributed by atoms with E-state index in [0.717, 1.165) is 0 Å². The molecule has 0 aliphatic heterocycles. The number of rotatable bonds is 7. The van der Waals surface area contributed by atoms with E-state index >= 15 is 0 Å². The Hall–Kier alpha value is -3.24. The third kappa shape index (κ3) is 4.96. The largest absolute Gasteiger partial charge is 0.378 e. The molecule has 0 heterocycles. The number of hydrogen-bond acceptors (Lipinski definition) is 3. The van der Waals surface area contributed by atoms with Gasteiger partial charge in [-0.25, -0.2) is 0 Å². The summed E-state index contributed by atoms with van der Waals surface area (Å²) in [4.78, 5) is 6.84. The Morgan fingerprint density at radius 1 is 0.488 bits per heavy atom. The van der Waals surface area contributed by atoms with E-state index in [-0.39, 0.29) is 5.04 Å². The molecule has 4 rings (SSSR count). The Kier molecular flexibility index (Phi) is 8.63. The molecule has 0 spiro atoms. The van der Waals surface area contributed by atoms with Crippen molar-refractivity contribution in [2.45, 2.75) is 74.3 Å². The van der Waals surface area contributed by atoms with E-state index in [1.165, 1.54) is 82.7 Å². The number of allylic oxidation sites excluding steroid dienone is 4. The van der Waals surface area contributed by atoms with Crippen molar-refractivity contribution in [2.75, 3.05) is 57.0 Å². The van der Waals surface area contributed by atoms with Crippen molar-refractivity contribution < 1.29 is 0 Å². The molecule has 0 bridgehead atoms. The molecule has 1 aliphatic rings. The Balaban J connectivity index is 2.48. The van der Waals surface area contributed by atoms with Crippen molar-refractivity contribution in [1.82, 2.24) is 0 Å². The maximum absolute atomic E-state index is 2.94. The smallest absolute Gasteiger partial charge is 0.162 e. The standard InChI is InChI=1S/C39H55N3Si/c1-24-17-33(40(11)12)20-36(29(24)6)43(39(10)23-27(4)28(5)32(39)9,37-21-34(41(13)14)18-25(2)30(37)7)38-22-35(42(15)16)19-26(3)31(38)8/h17-23H,1-16H3. The zero-order valence-electron chi connectivity index (χ0n) is 29.9. The van der Waals surface area contributed by atoms with Gasteiger partial charge in [-0.05, 0) is 153 Å². The molecule has 3 nitrogen and oxygen atoms in total. The molecular formula is C39H55N3Si. The summed E-state index contributed by atoms with van der Waals surface area (Å²) in [5.74, 6) is 0. The van der Waals surface area contributed by atoms with E-state index in [1.807, 2.05) is 0 Å². The van der Waals surface area contributed by atoms with Crippen molar-refractivity contribution in [3.8, 4) is 0 Å². The summed E-state index contributed by atoms with van der Waals surface area (Å²) < 4.78 is 0. The first-order chi connectivity index (χ1) is 19.9. The number of benzene rings is 3. The Labute approximate surface area is 263 Å². The summed E-state index contributed by atoms with van der Waals surface area (Å²) in [6, 6.07) is 14.8. The first-order valence-corrected chi connectivity index (χ1v) is 17.6. The molecule has 0 aromatic heterocycles. The molecular weight excluding hydrogens is 539 g/mol. The van der Waals surface area contributed by atoms with Crippen molar-refractivity contribution in [3.63, 3.8) is 0 Å². The van der Waals surface area contributed by atoms with Crippen molar-refractivity contribution in [3.05, 3.63) is 92.6 Å². The van der Waals surface area contributed by atoms with Crippen LogP contribution in [0.2, 0.25) is 5.04 Å². The number of anilines is 3. The van der Waals surface area contributed by atoms with Gasteiger partial charge in [0.05, 0.1) is 0 Å².